The fourth-order valence-electron chi connectivity index (χ4n) is 1.71. The summed E-state index contributed by atoms with van der Waals surface area (Å²) in [6.45, 7) is 2.30. The lowest BCUT2D eigenvalue weighted by atomic mass is 10.1. The maximum atomic E-state index is 12.0. The van der Waals surface area contributed by atoms with Gasteiger partial charge < -0.3 is 20.9 Å². The number of rotatable bonds is 7. The van der Waals surface area contributed by atoms with Crippen molar-refractivity contribution in [3.05, 3.63) is 23.8 Å². The number of carbonyl (C=O) groups is 2. The van der Waals surface area contributed by atoms with Gasteiger partial charge in [0.15, 0.2) is 0 Å². The van der Waals surface area contributed by atoms with Gasteiger partial charge in [0.1, 0.15) is 5.75 Å². The van der Waals surface area contributed by atoms with Crippen LogP contribution in [-0.4, -0.2) is 30.6 Å². The topological polar surface area (TPSA) is 102 Å². The summed E-state index contributed by atoms with van der Waals surface area (Å²) in [6, 6.07) is 4.85. The monoisotopic (exact) mass is 280 g/mol. The molecule has 0 heterocycles. The number of carboxylic acids is 1. The number of benzene rings is 1. The van der Waals surface area contributed by atoms with Crippen LogP contribution in [0.4, 0.5) is 5.69 Å². The fourth-order valence-corrected chi connectivity index (χ4v) is 1.71. The van der Waals surface area contributed by atoms with E-state index < -0.39 is 5.97 Å². The van der Waals surface area contributed by atoms with E-state index in [0.717, 1.165) is 0 Å². The molecule has 0 bridgehead atoms. The highest BCUT2D eigenvalue weighted by Crippen LogP contribution is 2.19. The van der Waals surface area contributed by atoms with Gasteiger partial charge in [-0.3, -0.25) is 9.59 Å². The van der Waals surface area contributed by atoms with E-state index in [1.807, 2.05) is 6.92 Å². The summed E-state index contributed by atoms with van der Waals surface area (Å²) in [5.74, 6) is -0.418. The molecule has 110 valence electrons. The van der Waals surface area contributed by atoms with Crippen molar-refractivity contribution in [3.8, 4) is 5.75 Å². The van der Waals surface area contributed by atoms with E-state index in [9.17, 15) is 9.59 Å². The van der Waals surface area contributed by atoms with Crippen molar-refractivity contribution in [2.75, 3.05) is 19.4 Å². The zero-order valence-electron chi connectivity index (χ0n) is 11.7. The first-order valence-corrected chi connectivity index (χ1v) is 6.37. The second-order valence-electron chi connectivity index (χ2n) is 4.70. The Kier molecular flexibility index (Phi) is 5.83. The summed E-state index contributed by atoms with van der Waals surface area (Å²) >= 11 is 0. The molecule has 0 aromatic heterocycles. The molecule has 0 spiro atoms. The molecule has 0 aliphatic carbocycles. The van der Waals surface area contributed by atoms with Crippen LogP contribution in [0.5, 0.6) is 5.75 Å². The first-order chi connectivity index (χ1) is 9.43. The summed E-state index contributed by atoms with van der Waals surface area (Å²) in [5.41, 5.74) is 6.52. The second kappa shape index (κ2) is 7.37. The number of ether oxygens (including phenoxy) is 1. The zero-order valence-corrected chi connectivity index (χ0v) is 11.7. The van der Waals surface area contributed by atoms with Gasteiger partial charge >= 0.3 is 5.97 Å². The summed E-state index contributed by atoms with van der Waals surface area (Å²) in [6.07, 6.45) is 0.620. The minimum absolute atomic E-state index is 0.0922. The third kappa shape index (κ3) is 4.79. The Morgan fingerprint density at radius 1 is 1.45 bits per heavy atom. The van der Waals surface area contributed by atoms with Gasteiger partial charge in [-0.1, -0.05) is 6.92 Å². The second-order valence-corrected chi connectivity index (χ2v) is 4.70. The normalized spacial score (nSPS) is 11.7. The Morgan fingerprint density at radius 3 is 2.70 bits per heavy atom. The van der Waals surface area contributed by atoms with Crippen molar-refractivity contribution in [3.63, 3.8) is 0 Å². The zero-order chi connectivity index (χ0) is 15.1. The molecule has 1 aromatic rings. The molecule has 6 heteroatoms. The Balaban J connectivity index is 2.52. The largest absolute Gasteiger partial charge is 0.497 e. The Labute approximate surface area is 117 Å². The molecule has 0 radical (unpaired) electrons. The van der Waals surface area contributed by atoms with Gasteiger partial charge in [0, 0.05) is 24.7 Å². The highest BCUT2D eigenvalue weighted by Gasteiger charge is 2.12. The van der Waals surface area contributed by atoms with Gasteiger partial charge in [0.25, 0.3) is 5.91 Å². The number of nitrogens with two attached hydrogens (primary N) is 1. The van der Waals surface area contributed by atoms with Crippen molar-refractivity contribution in [2.24, 2.45) is 5.92 Å². The third-order valence-corrected chi connectivity index (χ3v) is 2.97. The number of nitrogen functional groups attached to an aromatic ring is 1. The maximum Gasteiger partial charge on any atom is 0.303 e. The van der Waals surface area contributed by atoms with Crippen molar-refractivity contribution in [1.82, 2.24) is 5.32 Å². The third-order valence-electron chi connectivity index (χ3n) is 2.97. The minimum Gasteiger partial charge on any atom is -0.497 e. The van der Waals surface area contributed by atoms with Crippen molar-refractivity contribution in [2.45, 2.75) is 19.8 Å². The first-order valence-electron chi connectivity index (χ1n) is 6.37. The quantitative estimate of drug-likeness (QED) is 0.657. The van der Waals surface area contributed by atoms with Crippen LogP contribution in [-0.2, 0) is 4.79 Å². The molecule has 4 N–H and O–H groups in total. The molecule has 1 amide bonds. The Bertz CT molecular complexity index is 488. The maximum absolute atomic E-state index is 12.0. The lowest BCUT2D eigenvalue weighted by molar-refractivity contribution is -0.137. The van der Waals surface area contributed by atoms with Gasteiger partial charge in [-0.25, -0.2) is 0 Å². The van der Waals surface area contributed by atoms with Crippen LogP contribution in [0.3, 0.4) is 0 Å². The molecule has 0 aliphatic rings. The number of hydrogen-bond donors (Lipinski definition) is 3. The minimum atomic E-state index is -0.831. The van der Waals surface area contributed by atoms with E-state index in [1.54, 1.807) is 18.2 Å². The van der Waals surface area contributed by atoms with Gasteiger partial charge in [-0.15, -0.1) is 0 Å². The predicted octanol–water partition coefficient (Wildman–Crippen LogP) is 1.51. The van der Waals surface area contributed by atoms with Crippen molar-refractivity contribution in [1.29, 1.82) is 0 Å². The number of carbonyl (C=O) groups excluding carboxylic acids is 1. The van der Waals surface area contributed by atoms with E-state index in [2.05, 4.69) is 5.32 Å². The number of nitrogens with one attached hydrogen (secondary N) is 1. The van der Waals surface area contributed by atoms with Gasteiger partial charge in [-0.2, -0.15) is 0 Å². The van der Waals surface area contributed by atoms with Crippen LogP contribution in [0.1, 0.15) is 30.1 Å². The van der Waals surface area contributed by atoms with Crippen LogP contribution in [0, 0.1) is 5.92 Å². The molecule has 1 atom stereocenters. The highest BCUT2D eigenvalue weighted by atomic mass is 16.5. The fraction of sp³-hybridized carbons (Fsp3) is 0.429. The molecule has 0 fully saturated rings. The molecule has 1 aromatic carbocycles. The van der Waals surface area contributed by atoms with Gasteiger partial charge in [0.05, 0.1) is 12.7 Å². The summed E-state index contributed by atoms with van der Waals surface area (Å²) in [4.78, 5) is 22.4. The van der Waals surface area contributed by atoms with Crippen LogP contribution >= 0.6 is 0 Å². The van der Waals surface area contributed by atoms with E-state index in [0.29, 0.717) is 30.0 Å². The Hall–Kier alpha value is -2.24. The number of carboxylic acid groups (broad SMARTS) is 1. The van der Waals surface area contributed by atoms with Crippen molar-refractivity contribution >= 4 is 17.6 Å². The number of methoxy groups -OCH3 is 1. The molecule has 6 nitrogen and oxygen atoms in total. The van der Waals surface area contributed by atoms with E-state index in [1.165, 1.54) is 7.11 Å². The predicted molar refractivity (Wildman–Crippen MR) is 75.8 cm³/mol. The summed E-state index contributed by atoms with van der Waals surface area (Å²) in [7, 11) is 1.53. The van der Waals surface area contributed by atoms with E-state index >= 15 is 0 Å². The van der Waals surface area contributed by atoms with E-state index in [-0.39, 0.29) is 18.2 Å². The smallest absolute Gasteiger partial charge is 0.303 e. The lowest BCUT2D eigenvalue weighted by Crippen LogP contribution is -2.29. The standard InChI is InChI=1S/C14H20N2O4/c1-9(3-6-13(17)18)8-16-14(19)11-5-4-10(20-2)7-12(11)15/h4-5,7,9H,3,6,8,15H2,1-2H3,(H,16,19)(H,17,18). The SMILES string of the molecule is COc1ccc(C(=O)NCC(C)CCC(=O)O)c(N)c1. The molecule has 0 saturated heterocycles. The van der Waals surface area contributed by atoms with E-state index in [4.69, 9.17) is 15.6 Å². The molecule has 0 aliphatic heterocycles. The lowest BCUT2D eigenvalue weighted by Gasteiger charge is -2.13. The molecule has 0 saturated carbocycles. The average Bonchev–Trinajstić information content (AvgIpc) is 2.42. The van der Waals surface area contributed by atoms with Gasteiger partial charge in [0.2, 0.25) is 0 Å². The van der Waals surface area contributed by atoms with Crippen LogP contribution in [0.25, 0.3) is 0 Å². The van der Waals surface area contributed by atoms with Crippen LogP contribution < -0.4 is 15.8 Å². The summed E-state index contributed by atoms with van der Waals surface area (Å²) in [5, 5.41) is 11.3. The number of anilines is 1. The molecule has 1 unspecified atom stereocenters. The van der Waals surface area contributed by atoms with Gasteiger partial charge in [-0.05, 0) is 24.5 Å². The molecular formula is C14H20N2O4. The molecule has 1 rings (SSSR count). The number of aliphatic carboxylic acids is 1. The van der Waals surface area contributed by atoms with Crippen LogP contribution in [0.15, 0.2) is 18.2 Å². The first kappa shape index (κ1) is 15.8. The average molecular weight is 280 g/mol. The number of amides is 1. The van der Waals surface area contributed by atoms with Crippen molar-refractivity contribution < 1.29 is 19.4 Å². The summed E-state index contributed by atoms with van der Waals surface area (Å²) < 4.78 is 5.01. The Morgan fingerprint density at radius 2 is 2.15 bits per heavy atom. The van der Waals surface area contributed by atoms with Crippen LogP contribution in [0.2, 0.25) is 0 Å². The molecule has 20 heavy (non-hydrogen) atoms. The molecular weight excluding hydrogens is 260 g/mol. The number of hydrogen-bond acceptors (Lipinski definition) is 4. The highest BCUT2D eigenvalue weighted by molar-refractivity contribution is 5.99.